The Bertz CT molecular complexity index is 513. The van der Waals surface area contributed by atoms with Gasteiger partial charge >= 0.3 is 0 Å². The van der Waals surface area contributed by atoms with Gasteiger partial charge in [-0.1, -0.05) is 0 Å². The Morgan fingerprint density at radius 2 is 2.09 bits per heavy atom. The summed E-state index contributed by atoms with van der Waals surface area (Å²) in [6.07, 6.45) is 4.90. The van der Waals surface area contributed by atoms with Crippen molar-refractivity contribution in [2.24, 2.45) is 0 Å². The fourth-order valence-electron chi connectivity index (χ4n) is 3.57. The van der Waals surface area contributed by atoms with Crippen LogP contribution < -0.4 is 4.90 Å². The van der Waals surface area contributed by atoms with Crippen molar-refractivity contribution < 1.29 is 14.6 Å². The van der Waals surface area contributed by atoms with Crippen molar-refractivity contribution >= 4 is 5.82 Å². The Morgan fingerprint density at radius 3 is 2.77 bits per heavy atom. The largest absolute Gasteiger partial charge is 0.390 e. The molecule has 0 amide bonds. The van der Waals surface area contributed by atoms with Gasteiger partial charge in [0.1, 0.15) is 12.1 Å². The molecular formula is C16H25N3O3. The molecule has 1 spiro atoms. The number of hydrogen-bond acceptors (Lipinski definition) is 6. The van der Waals surface area contributed by atoms with Crippen LogP contribution in [0.1, 0.15) is 38.3 Å². The highest BCUT2D eigenvalue weighted by Crippen LogP contribution is 2.39. The maximum atomic E-state index is 10.3. The molecule has 6 nitrogen and oxygen atoms in total. The summed E-state index contributed by atoms with van der Waals surface area (Å²) in [7, 11) is 1.67. The lowest BCUT2D eigenvalue weighted by Crippen LogP contribution is -2.53. The standard InChI is InChI=1S/C16H25N3O3/c1-15(20)5-8-22-16(11-15)3-6-19(7-4-16)14-9-13(10-21-2)17-12-18-14/h9,12,20H,3-8,10-11H2,1-2H3. The van der Waals surface area contributed by atoms with Crippen LogP contribution in [0.3, 0.4) is 0 Å². The predicted octanol–water partition coefficient (Wildman–Crippen LogP) is 1.52. The van der Waals surface area contributed by atoms with E-state index < -0.39 is 5.60 Å². The van der Waals surface area contributed by atoms with Gasteiger partial charge in [-0.3, -0.25) is 0 Å². The molecular weight excluding hydrogens is 282 g/mol. The van der Waals surface area contributed by atoms with Crippen molar-refractivity contribution in [1.29, 1.82) is 0 Å². The molecule has 3 rings (SSSR count). The average Bonchev–Trinajstić information content (AvgIpc) is 2.47. The van der Waals surface area contributed by atoms with Crippen LogP contribution in [-0.2, 0) is 16.1 Å². The summed E-state index contributed by atoms with van der Waals surface area (Å²) < 4.78 is 11.2. The highest BCUT2D eigenvalue weighted by atomic mass is 16.5. The molecule has 0 aliphatic carbocycles. The minimum Gasteiger partial charge on any atom is -0.390 e. The molecule has 0 bridgehead atoms. The Labute approximate surface area is 131 Å². The molecule has 2 aliphatic rings. The maximum Gasteiger partial charge on any atom is 0.132 e. The molecule has 1 aromatic rings. The lowest BCUT2D eigenvalue weighted by Gasteiger charge is -2.48. The SMILES string of the molecule is COCc1cc(N2CCC3(CC2)CC(C)(O)CCO3)ncn1. The van der Waals surface area contributed by atoms with E-state index in [2.05, 4.69) is 14.9 Å². The van der Waals surface area contributed by atoms with Crippen molar-refractivity contribution in [2.75, 3.05) is 31.7 Å². The zero-order valence-electron chi connectivity index (χ0n) is 13.4. The summed E-state index contributed by atoms with van der Waals surface area (Å²) >= 11 is 0. The molecule has 2 fully saturated rings. The monoisotopic (exact) mass is 307 g/mol. The van der Waals surface area contributed by atoms with E-state index in [9.17, 15) is 5.11 Å². The molecule has 122 valence electrons. The molecule has 0 saturated carbocycles. The number of piperidine rings is 1. The molecule has 1 atom stereocenters. The van der Waals surface area contributed by atoms with Crippen LogP contribution in [0, 0.1) is 0 Å². The summed E-state index contributed by atoms with van der Waals surface area (Å²) in [6.45, 7) is 4.85. The normalized spacial score (nSPS) is 28.0. The van der Waals surface area contributed by atoms with Crippen molar-refractivity contribution in [1.82, 2.24) is 9.97 Å². The molecule has 1 unspecified atom stereocenters. The summed E-state index contributed by atoms with van der Waals surface area (Å²) in [6, 6.07) is 1.99. The van der Waals surface area contributed by atoms with Gasteiger partial charge in [0.25, 0.3) is 0 Å². The van der Waals surface area contributed by atoms with E-state index >= 15 is 0 Å². The first kappa shape index (κ1) is 15.6. The first-order chi connectivity index (χ1) is 10.5. The van der Waals surface area contributed by atoms with Crippen LogP contribution in [-0.4, -0.2) is 53.1 Å². The third kappa shape index (κ3) is 3.39. The summed E-state index contributed by atoms with van der Waals surface area (Å²) in [5.41, 5.74) is 0.131. The van der Waals surface area contributed by atoms with Crippen LogP contribution in [0.5, 0.6) is 0 Å². The van der Waals surface area contributed by atoms with E-state index in [4.69, 9.17) is 9.47 Å². The van der Waals surface area contributed by atoms with Gasteiger partial charge in [0, 0.05) is 32.7 Å². The lowest BCUT2D eigenvalue weighted by molar-refractivity contribution is -0.162. The molecule has 0 radical (unpaired) electrons. The number of aromatic nitrogens is 2. The minimum atomic E-state index is -0.596. The quantitative estimate of drug-likeness (QED) is 0.913. The first-order valence-corrected chi connectivity index (χ1v) is 7.93. The van der Waals surface area contributed by atoms with Crippen LogP contribution in [0.25, 0.3) is 0 Å². The Morgan fingerprint density at radius 1 is 1.32 bits per heavy atom. The van der Waals surface area contributed by atoms with Crippen LogP contribution in [0.15, 0.2) is 12.4 Å². The Kier molecular flexibility index (Phi) is 4.34. The molecule has 2 saturated heterocycles. The zero-order chi connectivity index (χ0) is 15.6. The fourth-order valence-corrected chi connectivity index (χ4v) is 3.57. The van der Waals surface area contributed by atoms with Gasteiger partial charge in [-0.15, -0.1) is 0 Å². The summed E-state index contributed by atoms with van der Waals surface area (Å²) in [5, 5.41) is 10.3. The highest BCUT2D eigenvalue weighted by molar-refractivity contribution is 5.39. The van der Waals surface area contributed by atoms with Crippen molar-refractivity contribution in [2.45, 2.75) is 50.4 Å². The van der Waals surface area contributed by atoms with Crippen molar-refractivity contribution in [3.8, 4) is 0 Å². The third-order valence-electron chi connectivity index (χ3n) is 4.75. The molecule has 6 heteroatoms. The topological polar surface area (TPSA) is 67.7 Å². The Hall–Kier alpha value is -1.24. The number of aliphatic hydroxyl groups is 1. The van der Waals surface area contributed by atoms with E-state index in [1.54, 1.807) is 13.4 Å². The number of hydrogen-bond donors (Lipinski definition) is 1. The molecule has 2 aliphatic heterocycles. The van der Waals surface area contributed by atoms with Crippen LogP contribution >= 0.6 is 0 Å². The maximum absolute atomic E-state index is 10.3. The first-order valence-electron chi connectivity index (χ1n) is 7.93. The molecule has 1 N–H and O–H groups in total. The van der Waals surface area contributed by atoms with Crippen molar-refractivity contribution in [3.05, 3.63) is 18.1 Å². The second-order valence-electron chi connectivity index (χ2n) is 6.74. The molecule has 1 aromatic heterocycles. The smallest absolute Gasteiger partial charge is 0.132 e. The van der Waals surface area contributed by atoms with E-state index in [0.29, 0.717) is 13.2 Å². The number of anilines is 1. The number of nitrogens with zero attached hydrogens (tertiary/aromatic N) is 3. The predicted molar refractivity (Wildman–Crippen MR) is 82.7 cm³/mol. The van der Waals surface area contributed by atoms with Gasteiger partial charge in [0.15, 0.2) is 0 Å². The Balaban J connectivity index is 1.65. The average molecular weight is 307 g/mol. The fraction of sp³-hybridized carbons (Fsp3) is 0.750. The number of methoxy groups -OCH3 is 1. The van der Waals surface area contributed by atoms with Gasteiger partial charge < -0.3 is 19.5 Å². The lowest BCUT2D eigenvalue weighted by atomic mass is 9.78. The van der Waals surface area contributed by atoms with E-state index in [0.717, 1.165) is 50.3 Å². The van der Waals surface area contributed by atoms with Gasteiger partial charge in [-0.05, 0) is 26.2 Å². The van der Waals surface area contributed by atoms with E-state index in [1.807, 2.05) is 13.0 Å². The summed E-state index contributed by atoms with van der Waals surface area (Å²) in [4.78, 5) is 10.8. The van der Waals surface area contributed by atoms with Crippen LogP contribution in [0.2, 0.25) is 0 Å². The second kappa shape index (κ2) is 6.10. The van der Waals surface area contributed by atoms with E-state index in [1.165, 1.54) is 0 Å². The number of rotatable bonds is 3. The summed E-state index contributed by atoms with van der Waals surface area (Å²) in [5.74, 6) is 0.944. The van der Waals surface area contributed by atoms with Gasteiger partial charge in [0.05, 0.1) is 30.1 Å². The van der Waals surface area contributed by atoms with Crippen molar-refractivity contribution in [3.63, 3.8) is 0 Å². The molecule has 22 heavy (non-hydrogen) atoms. The van der Waals surface area contributed by atoms with Crippen LogP contribution in [0.4, 0.5) is 5.82 Å². The molecule has 3 heterocycles. The second-order valence-corrected chi connectivity index (χ2v) is 6.74. The number of ether oxygens (including phenoxy) is 2. The third-order valence-corrected chi connectivity index (χ3v) is 4.75. The van der Waals surface area contributed by atoms with Gasteiger partial charge in [-0.25, -0.2) is 9.97 Å². The molecule has 0 aromatic carbocycles. The highest BCUT2D eigenvalue weighted by Gasteiger charge is 2.44. The van der Waals surface area contributed by atoms with Gasteiger partial charge in [0.2, 0.25) is 0 Å². The minimum absolute atomic E-state index is 0.166. The zero-order valence-corrected chi connectivity index (χ0v) is 13.4. The van der Waals surface area contributed by atoms with E-state index in [-0.39, 0.29) is 5.60 Å². The van der Waals surface area contributed by atoms with Gasteiger partial charge in [-0.2, -0.15) is 0 Å².